The molecule has 9 nitrogen and oxygen atoms in total. The highest BCUT2D eigenvalue weighted by Crippen LogP contribution is 2.35. The number of likely N-dealkylation sites (tertiary alicyclic amines) is 1. The van der Waals surface area contributed by atoms with E-state index in [4.69, 9.17) is 0 Å². The highest BCUT2D eigenvalue weighted by molar-refractivity contribution is 6.08. The number of aryl methyl sites for hydroxylation is 1. The second-order valence-corrected chi connectivity index (χ2v) is 10.8. The minimum absolute atomic E-state index is 0.0254. The molecule has 0 unspecified atom stereocenters. The Morgan fingerprint density at radius 3 is 2.57 bits per heavy atom. The molecule has 3 aromatic heterocycles. The third kappa shape index (κ3) is 5.25. The molecule has 6 rings (SSSR count). The van der Waals surface area contributed by atoms with Crippen molar-refractivity contribution in [1.29, 1.82) is 0 Å². The Bertz CT molecular complexity index is 1770. The van der Waals surface area contributed by atoms with Crippen LogP contribution in [0.5, 0.6) is 0 Å². The Morgan fingerprint density at radius 2 is 1.81 bits per heavy atom. The van der Waals surface area contributed by atoms with Gasteiger partial charge in [0.15, 0.2) is 5.65 Å². The second-order valence-electron chi connectivity index (χ2n) is 10.8. The number of nitrogens with one attached hydrogen (secondary N) is 1. The van der Waals surface area contributed by atoms with E-state index in [1.807, 2.05) is 78.0 Å². The van der Waals surface area contributed by atoms with Gasteiger partial charge in [-0.15, -0.1) is 5.10 Å². The molecule has 4 heterocycles. The van der Waals surface area contributed by atoms with Gasteiger partial charge in [-0.2, -0.15) is 4.98 Å². The van der Waals surface area contributed by atoms with E-state index >= 15 is 0 Å². The fourth-order valence-corrected chi connectivity index (χ4v) is 5.87. The van der Waals surface area contributed by atoms with Gasteiger partial charge in [-0.05, 0) is 79.0 Å². The Kier molecular flexibility index (Phi) is 7.47. The molecule has 1 fully saturated rings. The first-order valence-electron chi connectivity index (χ1n) is 14.4. The molecule has 42 heavy (non-hydrogen) atoms. The van der Waals surface area contributed by atoms with Crippen molar-refractivity contribution < 1.29 is 14.0 Å². The van der Waals surface area contributed by atoms with Crippen LogP contribution in [0.3, 0.4) is 0 Å². The number of anilines is 1. The van der Waals surface area contributed by atoms with Gasteiger partial charge in [-0.1, -0.05) is 32.0 Å². The molecule has 0 radical (unpaired) electrons. The lowest BCUT2D eigenvalue weighted by Crippen LogP contribution is -2.33. The third-order valence-electron chi connectivity index (χ3n) is 8.17. The maximum absolute atomic E-state index is 13.9. The zero-order valence-electron chi connectivity index (χ0n) is 24.0. The summed E-state index contributed by atoms with van der Waals surface area (Å²) in [6.07, 6.45) is 5.46. The summed E-state index contributed by atoms with van der Waals surface area (Å²) in [5, 5.41) is 8.06. The van der Waals surface area contributed by atoms with Gasteiger partial charge in [0.2, 0.25) is 11.9 Å². The zero-order chi connectivity index (χ0) is 29.4. The van der Waals surface area contributed by atoms with Crippen molar-refractivity contribution in [2.24, 2.45) is 7.05 Å². The Labute approximate surface area is 243 Å². The summed E-state index contributed by atoms with van der Waals surface area (Å²) in [5.74, 6) is -0.197. The van der Waals surface area contributed by atoms with Crippen LogP contribution in [0.4, 0.5) is 10.3 Å². The van der Waals surface area contributed by atoms with Crippen LogP contribution in [-0.4, -0.2) is 67.0 Å². The first-order chi connectivity index (χ1) is 20.3. The number of likely N-dealkylation sites (N-methyl/N-ethyl adjacent to an activating group) is 1. The first kappa shape index (κ1) is 27.6. The Hall–Kier alpha value is -4.57. The number of amides is 2. The molecule has 1 atom stereocenters. The van der Waals surface area contributed by atoms with Crippen molar-refractivity contribution >= 4 is 34.3 Å². The monoisotopic (exact) mass is 567 g/mol. The van der Waals surface area contributed by atoms with Gasteiger partial charge in [0.05, 0.1) is 18.2 Å². The molecule has 216 valence electrons. The molecule has 0 aliphatic carbocycles. The molecule has 0 bridgehead atoms. The van der Waals surface area contributed by atoms with Crippen molar-refractivity contribution in [2.45, 2.75) is 32.7 Å². The molecule has 2 aromatic carbocycles. The van der Waals surface area contributed by atoms with Crippen molar-refractivity contribution in [3.63, 3.8) is 0 Å². The molecular weight excluding hydrogens is 533 g/mol. The van der Waals surface area contributed by atoms with E-state index < -0.39 is 0 Å². The van der Waals surface area contributed by atoms with Crippen LogP contribution in [0.15, 0.2) is 67.0 Å². The molecule has 1 N–H and O–H groups in total. The number of benzene rings is 2. The molecule has 2 amide bonds. The number of hydrogen-bond acceptors (Lipinski definition) is 5. The largest absolute Gasteiger partial charge is 0.350 e. The quantitative estimate of drug-likeness (QED) is 0.276. The Morgan fingerprint density at radius 1 is 1.05 bits per heavy atom. The normalized spacial score (nSPS) is 15.3. The molecule has 5 aromatic rings. The first-order valence-corrected chi connectivity index (χ1v) is 14.4. The SMILES string of the molecule is CCN(CC)CC(=O)Nc1nc2cc(-c3ccc4c(c3)c(C(=O)N3CCC[C@H]3c3ccc(F)cc3)cn4C)ccn2n1. The van der Waals surface area contributed by atoms with Crippen LogP contribution in [0.2, 0.25) is 0 Å². The van der Waals surface area contributed by atoms with Crippen LogP contribution in [0.1, 0.15) is 48.7 Å². The summed E-state index contributed by atoms with van der Waals surface area (Å²) in [4.78, 5) is 34.8. The lowest BCUT2D eigenvalue weighted by molar-refractivity contribution is -0.117. The molecule has 1 aliphatic heterocycles. The number of hydrogen-bond donors (Lipinski definition) is 1. The summed E-state index contributed by atoms with van der Waals surface area (Å²) in [6.45, 7) is 6.56. The van der Waals surface area contributed by atoms with Gasteiger partial charge < -0.3 is 9.47 Å². The summed E-state index contributed by atoms with van der Waals surface area (Å²) >= 11 is 0. The average Bonchev–Trinajstić information content (AvgIpc) is 3.72. The van der Waals surface area contributed by atoms with E-state index in [2.05, 4.69) is 15.4 Å². The predicted octanol–water partition coefficient (Wildman–Crippen LogP) is 5.28. The predicted molar refractivity (Wildman–Crippen MR) is 161 cm³/mol. The summed E-state index contributed by atoms with van der Waals surface area (Å²) in [5.41, 5.74) is 5.02. The van der Waals surface area contributed by atoms with E-state index in [9.17, 15) is 14.0 Å². The molecule has 0 spiro atoms. The lowest BCUT2D eigenvalue weighted by atomic mass is 10.0. The van der Waals surface area contributed by atoms with Crippen molar-refractivity contribution in [2.75, 3.05) is 31.5 Å². The van der Waals surface area contributed by atoms with Gasteiger partial charge >= 0.3 is 0 Å². The molecular formula is C32H34FN7O2. The number of halogens is 1. The average molecular weight is 568 g/mol. The van der Waals surface area contributed by atoms with Gasteiger partial charge in [-0.25, -0.2) is 8.91 Å². The number of aromatic nitrogens is 4. The fourth-order valence-electron chi connectivity index (χ4n) is 5.87. The zero-order valence-corrected chi connectivity index (χ0v) is 24.0. The molecule has 0 saturated carbocycles. The number of rotatable bonds is 8. The number of fused-ring (bicyclic) bond motifs is 2. The van der Waals surface area contributed by atoms with Gasteiger partial charge in [0.25, 0.3) is 5.91 Å². The third-order valence-corrected chi connectivity index (χ3v) is 8.17. The van der Waals surface area contributed by atoms with Crippen LogP contribution in [0, 0.1) is 5.82 Å². The standard InChI is InChI=1S/C32H34FN7O2/c1-4-38(5-2)20-30(41)35-32-34-29-18-23(14-16-40(29)36-32)22-10-13-28-25(17-22)26(19-37(28)3)31(42)39-15-6-7-27(39)21-8-11-24(33)12-9-21/h8-14,16-19,27H,4-7,15,20H2,1-3H3,(H,35,36,41)/t27-/m0/s1. The number of carbonyl (C=O) groups excluding carboxylic acids is 2. The fraction of sp³-hybridized carbons (Fsp3) is 0.312. The van der Waals surface area contributed by atoms with E-state index in [1.54, 1.807) is 16.6 Å². The lowest BCUT2D eigenvalue weighted by Gasteiger charge is -2.25. The molecule has 10 heteroatoms. The minimum Gasteiger partial charge on any atom is -0.350 e. The second kappa shape index (κ2) is 11.4. The van der Waals surface area contributed by atoms with E-state index in [0.29, 0.717) is 17.8 Å². The highest BCUT2D eigenvalue weighted by atomic mass is 19.1. The topological polar surface area (TPSA) is 87.8 Å². The van der Waals surface area contributed by atoms with Crippen LogP contribution in [-0.2, 0) is 11.8 Å². The van der Waals surface area contributed by atoms with Crippen molar-refractivity contribution in [1.82, 2.24) is 29.0 Å². The number of pyridine rings is 1. The Balaban J connectivity index is 1.28. The van der Waals surface area contributed by atoms with E-state index in [1.165, 1.54) is 12.1 Å². The smallest absolute Gasteiger partial charge is 0.256 e. The summed E-state index contributed by atoms with van der Waals surface area (Å²) in [7, 11) is 1.94. The van der Waals surface area contributed by atoms with Crippen molar-refractivity contribution in [3.8, 4) is 11.1 Å². The minimum atomic E-state index is -0.281. The number of carbonyl (C=O) groups is 2. The van der Waals surface area contributed by atoms with Gasteiger partial charge in [0.1, 0.15) is 5.82 Å². The van der Waals surface area contributed by atoms with Crippen LogP contribution >= 0.6 is 0 Å². The van der Waals surface area contributed by atoms with Crippen LogP contribution < -0.4 is 5.32 Å². The van der Waals surface area contributed by atoms with Gasteiger partial charge in [-0.3, -0.25) is 19.8 Å². The maximum atomic E-state index is 13.9. The number of nitrogens with zero attached hydrogens (tertiary/aromatic N) is 6. The highest BCUT2D eigenvalue weighted by Gasteiger charge is 2.32. The van der Waals surface area contributed by atoms with Crippen molar-refractivity contribution in [3.05, 3.63) is 83.9 Å². The molecule has 1 aliphatic rings. The summed E-state index contributed by atoms with van der Waals surface area (Å²) in [6, 6.07) is 16.3. The van der Waals surface area contributed by atoms with E-state index in [0.717, 1.165) is 53.5 Å². The van der Waals surface area contributed by atoms with Gasteiger partial charge in [0, 0.05) is 36.9 Å². The maximum Gasteiger partial charge on any atom is 0.256 e. The molecule has 1 saturated heterocycles. The van der Waals surface area contributed by atoms with Crippen LogP contribution in [0.25, 0.3) is 27.7 Å². The van der Waals surface area contributed by atoms with E-state index in [-0.39, 0.29) is 36.2 Å². The summed E-state index contributed by atoms with van der Waals surface area (Å²) < 4.78 is 17.2.